The number of hydrogen-bond donors (Lipinski definition) is 0. The molecule has 0 fully saturated rings. The summed E-state index contributed by atoms with van der Waals surface area (Å²) in [7, 11) is 0. The minimum Gasteiger partial charge on any atom is -0.298 e. The van der Waals surface area contributed by atoms with Gasteiger partial charge < -0.3 is 0 Å². The molecule has 0 amide bonds. The molecule has 0 radical (unpaired) electrons. The summed E-state index contributed by atoms with van der Waals surface area (Å²) in [5.41, 5.74) is -0.956. The maximum atomic E-state index is 11.0. The van der Waals surface area contributed by atoms with Gasteiger partial charge in [0.1, 0.15) is 6.29 Å². The van der Waals surface area contributed by atoms with Gasteiger partial charge in [-0.05, 0) is 17.5 Å². The largest absolute Gasteiger partial charge is 0.353 e. The number of carbonyl (C=O) groups excluding carboxylic acids is 1. The molecule has 0 N–H and O–H groups in total. The first-order chi connectivity index (χ1) is 8.54. The zero-order chi connectivity index (χ0) is 13.3. The van der Waals surface area contributed by atoms with Crippen LogP contribution >= 0.6 is 0 Å². The first-order valence-corrected chi connectivity index (χ1v) is 4.85. The van der Waals surface area contributed by atoms with Crippen molar-refractivity contribution in [2.45, 2.75) is 0 Å². The van der Waals surface area contributed by atoms with Gasteiger partial charge in [-0.1, -0.05) is 12.1 Å². The molecule has 0 heterocycles. The average Bonchev–Trinajstić information content (AvgIpc) is 2.36. The number of nitro groups is 2. The summed E-state index contributed by atoms with van der Waals surface area (Å²) >= 11 is 0. The predicted molar refractivity (Wildman–Crippen MR) is 62.6 cm³/mol. The standard InChI is InChI=1S/C11H6N2O5/c14-6-7-1-2-8-3-4-10(12(15)16)11(13(17)18)9(8)5-7/h1-6H. The van der Waals surface area contributed by atoms with E-state index in [0.29, 0.717) is 11.7 Å². The molecular weight excluding hydrogens is 240 g/mol. The highest BCUT2D eigenvalue weighted by molar-refractivity contribution is 5.97. The molecule has 2 aromatic rings. The second-order valence-corrected chi connectivity index (χ2v) is 3.55. The lowest BCUT2D eigenvalue weighted by molar-refractivity contribution is -0.421. The third kappa shape index (κ3) is 1.77. The van der Waals surface area contributed by atoms with Gasteiger partial charge >= 0.3 is 11.4 Å². The van der Waals surface area contributed by atoms with Crippen LogP contribution in [0.2, 0.25) is 0 Å². The molecule has 0 bridgehead atoms. The molecule has 0 unspecified atom stereocenters. The van der Waals surface area contributed by atoms with E-state index in [4.69, 9.17) is 0 Å². The molecule has 0 aliphatic rings. The SMILES string of the molecule is O=Cc1ccc2ccc([N+](=O)[O-])c([N+](=O)[O-])c2c1. The molecule has 0 saturated heterocycles. The Hall–Kier alpha value is -2.83. The second kappa shape index (κ2) is 4.21. The lowest BCUT2D eigenvalue weighted by atomic mass is 10.0. The van der Waals surface area contributed by atoms with Gasteiger partial charge in [0, 0.05) is 11.6 Å². The van der Waals surface area contributed by atoms with E-state index in [2.05, 4.69) is 0 Å². The molecular formula is C11H6N2O5. The molecule has 7 heteroatoms. The van der Waals surface area contributed by atoms with Gasteiger partial charge in [-0.15, -0.1) is 0 Å². The molecule has 7 nitrogen and oxygen atoms in total. The summed E-state index contributed by atoms with van der Waals surface area (Å²) < 4.78 is 0. The van der Waals surface area contributed by atoms with E-state index in [-0.39, 0.29) is 10.9 Å². The Morgan fingerprint density at radius 2 is 1.67 bits per heavy atom. The van der Waals surface area contributed by atoms with Crippen LogP contribution in [0.15, 0.2) is 30.3 Å². The highest BCUT2D eigenvalue weighted by Gasteiger charge is 2.27. The van der Waals surface area contributed by atoms with E-state index in [1.807, 2.05) is 0 Å². The zero-order valence-electron chi connectivity index (χ0n) is 8.90. The number of hydrogen-bond acceptors (Lipinski definition) is 5. The number of aldehydes is 1. The van der Waals surface area contributed by atoms with Crippen molar-refractivity contribution in [1.82, 2.24) is 0 Å². The lowest BCUT2D eigenvalue weighted by Crippen LogP contribution is -1.97. The van der Waals surface area contributed by atoms with Gasteiger partial charge in [-0.25, -0.2) is 0 Å². The smallest absolute Gasteiger partial charge is 0.298 e. The predicted octanol–water partition coefficient (Wildman–Crippen LogP) is 2.47. The second-order valence-electron chi connectivity index (χ2n) is 3.55. The first kappa shape index (κ1) is 11.6. The van der Waals surface area contributed by atoms with Crippen molar-refractivity contribution in [2.24, 2.45) is 0 Å². The molecule has 0 saturated carbocycles. The fourth-order valence-corrected chi connectivity index (χ4v) is 1.72. The third-order valence-electron chi connectivity index (χ3n) is 2.51. The minimum atomic E-state index is -0.814. The summed E-state index contributed by atoms with van der Waals surface area (Å²) in [5, 5.41) is 22.3. The van der Waals surface area contributed by atoms with Crippen LogP contribution in [0.3, 0.4) is 0 Å². The maximum absolute atomic E-state index is 11.0. The number of nitro benzene ring substituents is 2. The number of carbonyl (C=O) groups is 1. The van der Waals surface area contributed by atoms with Crippen molar-refractivity contribution in [3.05, 3.63) is 56.1 Å². The molecule has 2 aromatic carbocycles. The van der Waals surface area contributed by atoms with E-state index >= 15 is 0 Å². The summed E-state index contributed by atoms with van der Waals surface area (Å²) in [6.45, 7) is 0. The van der Waals surface area contributed by atoms with E-state index in [1.165, 1.54) is 24.3 Å². The topological polar surface area (TPSA) is 103 Å². The number of benzene rings is 2. The molecule has 0 atom stereocenters. The van der Waals surface area contributed by atoms with E-state index < -0.39 is 21.2 Å². The molecule has 18 heavy (non-hydrogen) atoms. The molecule has 2 rings (SSSR count). The first-order valence-electron chi connectivity index (χ1n) is 4.85. The highest BCUT2D eigenvalue weighted by Crippen LogP contribution is 2.35. The monoisotopic (exact) mass is 246 g/mol. The summed E-state index contributed by atoms with van der Waals surface area (Å²) in [5.74, 6) is 0. The Morgan fingerprint density at radius 3 is 2.22 bits per heavy atom. The van der Waals surface area contributed by atoms with Gasteiger partial charge in [-0.2, -0.15) is 0 Å². The molecule has 0 spiro atoms. The average molecular weight is 246 g/mol. The normalized spacial score (nSPS) is 10.2. The van der Waals surface area contributed by atoms with Crippen LogP contribution in [0.1, 0.15) is 10.4 Å². The van der Waals surface area contributed by atoms with Crippen LogP contribution in [0, 0.1) is 20.2 Å². The fourth-order valence-electron chi connectivity index (χ4n) is 1.72. The maximum Gasteiger partial charge on any atom is 0.353 e. The number of rotatable bonds is 3. The third-order valence-corrected chi connectivity index (χ3v) is 2.51. The highest BCUT2D eigenvalue weighted by atomic mass is 16.6. The van der Waals surface area contributed by atoms with Gasteiger partial charge in [0.25, 0.3) is 0 Å². The van der Waals surface area contributed by atoms with Gasteiger partial charge in [0.05, 0.1) is 15.2 Å². The summed E-state index contributed by atoms with van der Waals surface area (Å²) in [4.78, 5) is 30.7. The van der Waals surface area contributed by atoms with Crippen molar-refractivity contribution in [3.8, 4) is 0 Å². The fraction of sp³-hybridized carbons (Fsp3) is 0. The van der Waals surface area contributed by atoms with Crippen LogP contribution in [-0.4, -0.2) is 16.1 Å². The zero-order valence-corrected chi connectivity index (χ0v) is 8.90. The van der Waals surface area contributed by atoms with Gasteiger partial charge in [0.2, 0.25) is 0 Å². The summed E-state index contributed by atoms with van der Waals surface area (Å²) in [6.07, 6.45) is 0.530. The molecule has 0 aliphatic heterocycles. The van der Waals surface area contributed by atoms with Crippen molar-refractivity contribution >= 4 is 28.4 Å². The Morgan fingerprint density at radius 1 is 1.00 bits per heavy atom. The van der Waals surface area contributed by atoms with Crippen molar-refractivity contribution in [1.29, 1.82) is 0 Å². The van der Waals surface area contributed by atoms with Crippen LogP contribution in [0.25, 0.3) is 10.8 Å². The quantitative estimate of drug-likeness (QED) is 0.470. The molecule has 0 aliphatic carbocycles. The number of fused-ring (bicyclic) bond motifs is 1. The molecule has 0 aromatic heterocycles. The van der Waals surface area contributed by atoms with Crippen LogP contribution in [-0.2, 0) is 0 Å². The molecule has 90 valence electrons. The Labute approximate surface area is 99.9 Å². The van der Waals surface area contributed by atoms with E-state index in [9.17, 15) is 25.0 Å². The summed E-state index contributed by atoms with van der Waals surface area (Å²) in [6, 6.07) is 6.77. The van der Waals surface area contributed by atoms with E-state index in [0.717, 1.165) is 6.07 Å². The Bertz CT molecular complexity index is 680. The van der Waals surface area contributed by atoms with Gasteiger partial charge in [0.15, 0.2) is 0 Å². The Balaban J connectivity index is 2.91. The van der Waals surface area contributed by atoms with Crippen molar-refractivity contribution < 1.29 is 14.6 Å². The number of nitrogens with zero attached hydrogens (tertiary/aromatic N) is 2. The van der Waals surface area contributed by atoms with Crippen LogP contribution < -0.4 is 0 Å². The van der Waals surface area contributed by atoms with Crippen LogP contribution in [0.4, 0.5) is 11.4 Å². The lowest BCUT2D eigenvalue weighted by Gasteiger charge is -2.01. The minimum absolute atomic E-state index is 0.0822. The van der Waals surface area contributed by atoms with Crippen LogP contribution in [0.5, 0.6) is 0 Å². The van der Waals surface area contributed by atoms with Crippen molar-refractivity contribution in [3.63, 3.8) is 0 Å². The Kier molecular flexibility index (Phi) is 2.72. The van der Waals surface area contributed by atoms with E-state index in [1.54, 1.807) is 0 Å². The van der Waals surface area contributed by atoms with Gasteiger partial charge in [-0.3, -0.25) is 25.0 Å². The van der Waals surface area contributed by atoms with Crippen molar-refractivity contribution in [2.75, 3.05) is 0 Å².